The van der Waals surface area contributed by atoms with Crippen molar-refractivity contribution >= 4 is 11.7 Å². The van der Waals surface area contributed by atoms with E-state index in [-0.39, 0.29) is 17.3 Å². The molecule has 2 fully saturated rings. The van der Waals surface area contributed by atoms with Gasteiger partial charge in [0.15, 0.2) is 5.82 Å². The van der Waals surface area contributed by atoms with Gasteiger partial charge in [-0.2, -0.15) is 0 Å². The number of aryl methyl sites for hydroxylation is 3. The van der Waals surface area contributed by atoms with Crippen LogP contribution in [0.5, 0.6) is 0 Å². The van der Waals surface area contributed by atoms with Crippen LogP contribution < -0.4 is 5.32 Å². The molecule has 1 N–H and O–H groups in total. The number of likely N-dealkylation sites (tertiary alicyclic amines) is 1. The van der Waals surface area contributed by atoms with E-state index < -0.39 is 0 Å². The van der Waals surface area contributed by atoms with Crippen LogP contribution in [0.15, 0.2) is 42.5 Å². The second kappa shape index (κ2) is 10.6. The summed E-state index contributed by atoms with van der Waals surface area (Å²) in [5.41, 5.74) is 4.21. The summed E-state index contributed by atoms with van der Waals surface area (Å²) in [7, 11) is 4.02. The molecular formula is C28H36FN7O. The maximum atomic E-state index is 13.1. The van der Waals surface area contributed by atoms with E-state index in [1.165, 1.54) is 30.5 Å². The van der Waals surface area contributed by atoms with E-state index >= 15 is 0 Å². The second-order valence-corrected chi connectivity index (χ2v) is 10.8. The van der Waals surface area contributed by atoms with Crippen molar-refractivity contribution < 1.29 is 9.18 Å². The molecule has 5 rings (SSSR count). The molecule has 8 nitrogen and oxygen atoms in total. The molecule has 1 atom stereocenters. The normalized spacial score (nSPS) is 18.4. The summed E-state index contributed by atoms with van der Waals surface area (Å²) >= 11 is 0. The van der Waals surface area contributed by atoms with Gasteiger partial charge in [0.25, 0.3) is 0 Å². The highest BCUT2D eigenvalue weighted by atomic mass is 19.1. The van der Waals surface area contributed by atoms with Crippen LogP contribution in [0.3, 0.4) is 0 Å². The van der Waals surface area contributed by atoms with Gasteiger partial charge in [-0.1, -0.05) is 19.1 Å². The minimum atomic E-state index is -0.181. The van der Waals surface area contributed by atoms with Crippen molar-refractivity contribution in [3.63, 3.8) is 0 Å². The number of aromatic nitrogens is 4. The highest BCUT2D eigenvalue weighted by molar-refractivity contribution is 5.91. The third-order valence-corrected chi connectivity index (χ3v) is 8.06. The molecule has 2 aromatic carbocycles. The van der Waals surface area contributed by atoms with Gasteiger partial charge >= 0.3 is 6.03 Å². The third kappa shape index (κ3) is 5.66. The number of halogens is 1. The zero-order valence-electron chi connectivity index (χ0n) is 22.0. The Morgan fingerprint density at radius 3 is 2.68 bits per heavy atom. The maximum Gasteiger partial charge on any atom is 0.321 e. The average Bonchev–Trinajstić information content (AvgIpc) is 3.51. The molecule has 196 valence electrons. The fourth-order valence-electron chi connectivity index (χ4n) is 5.89. The number of rotatable bonds is 8. The van der Waals surface area contributed by atoms with E-state index in [2.05, 4.69) is 45.8 Å². The highest BCUT2D eigenvalue weighted by Crippen LogP contribution is 2.47. The molecule has 9 heteroatoms. The van der Waals surface area contributed by atoms with Crippen LogP contribution in [0, 0.1) is 11.2 Å². The Morgan fingerprint density at radius 1 is 1.19 bits per heavy atom. The Balaban J connectivity index is 1.11. The van der Waals surface area contributed by atoms with Gasteiger partial charge in [0.05, 0.1) is 0 Å². The number of carbonyl (C=O) groups is 1. The smallest absolute Gasteiger partial charge is 0.321 e. The molecule has 3 aromatic rings. The molecule has 1 unspecified atom stereocenters. The highest BCUT2D eigenvalue weighted by Gasteiger charge is 2.50. The number of nitrogens with zero attached hydrogens (tertiary/aromatic N) is 6. The Hall–Kier alpha value is -3.33. The summed E-state index contributed by atoms with van der Waals surface area (Å²) in [5, 5.41) is 14.9. The quantitative estimate of drug-likeness (QED) is 0.487. The molecule has 1 aliphatic carbocycles. The molecule has 37 heavy (non-hydrogen) atoms. The standard InChI is InChI=1S/C28H36FN7O/c1-4-20-14-22(26-31-32-33-35(26)3)16-24(15-20)30-27(37)36-18-28(19-36)12-11-25(17-28)34(2)13-5-6-21-7-9-23(29)10-8-21/h7-10,14-16,25H,4-6,11-13,17-19H2,1-3H3,(H,30,37). The van der Waals surface area contributed by atoms with Gasteiger partial charge in [0.2, 0.25) is 0 Å². The first-order chi connectivity index (χ1) is 17.8. The molecule has 2 amide bonds. The van der Waals surface area contributed by atoms with Crippen molar-refractivity contribution in [2.45, 2.75) is 51.5 Å². The number of hydrogen-bond acceptors (Lipinski definition) is 5. The van der Waals surface area contributed by atoms with E-state index in [4.69, 9.17) is 0 Å². The van der Waals surface area contributed by atoms with Crippen molar-refractivity contribution in [1.82, 2.24) is 30.0 Å². The van der Waals surface area contributed by atoms with Gasteiger partial charge < -0.3 is 15.1 Å². The summed E-state index contributed by atoms with van der Waals surface area (Å²) in [6, 6.07) is 13.4. The molecule has 0 radical (unpaired) electrons. The Morgan fingerprint density at radius 2 is 1.97 bits per heavy atom. The fourth-order valence-corrected chi connectivity index (χ4v) is 5.89. The summed E-state index contributed by atoms with van der Waals surface area (Å²) in [4.78, 5) is 17.4. The molecule has 1 saturated carbocycles. The third-order valence-electron chi connectivity index (χ3n) is 8.06. The summed E-state index contributed by atoms with van der Waals surface area (Å²) in [5.74, 6) is 0.492. The number of nitrogens with one attached hydrogen (secondary N) is 1. The lowest BCUT2D eigenvalue weighted by Gasteiger charge is -2.48. The predicted molar refractivity (Wildman–Crippen MR) is 142 cm³/mol. The van der Waals surface area contributed by atoms with Gasteiger partial charge in [-0.15, -0.1) is 5.10 Å². The van der Waals surface area contributed by atoms with Crippen LogP contribution in [0.1, 0.15) is 43.7 Å². The first-order valence-electron chi connectivity index (χ1n) is 13.2. The van der Waals surface area contributed by atoms with Crippen LogP contribution >= 0.6 is 0 Å². The number of anilines is 1. The lowest BCUT2D eigenvalue weighted by atomic mass is 9.78. The first kappa shape index (κ1) is 25.3. The van der Waals surface area contributed by atoms with Gasteiger partial charge in [-0.05, 0) is 104 Å². The summed E-state index contributed by atoms with van der Waals surface area (Å²) < 4.78 is 14.7. The topological polar surface area (TPSA) is 79.2 Å². The molecule has 0 bridgehead atoms. The molecule has 2 heterocycles. The minimum Gasteiger partial charge on any atom is -0.323 e. The van der Waals surface area contributed by atoms with Crippen LogP contribution in [0.4, 0.5) is 14.9 Å². The van der Waals surface area contributed by atoms with Crippen molar-refractivity contribution in [3.8, 4) is 11.4 Å². The Labute approximate surface area is 217 Å². The lowest BCUT2D eigenvalue weighted by molar-refractivity contribution is 0.0361. The van der Waals surface area contributed by atoms with Crippen LogP contribution in [-0.2, 0) is 19.9 Å². The Kier molecular flexibility index (Phi) is 7.24. The van der Waals surface area contributed by atoms with E-state index in [9.17, 15) is 9.18 Å². The number of urea groups is 1. The van der Waals surface area contributed by atoms with Crippen molar-refractivity contribution in [2.24, 2.45) is 12.5 Å². The Bertz CT molecular complexity index is 1240. The van der Waals surface area contributed by atoms with Crippen molar-refractivity contribution in [1.29, 1.82) is 0 Å². The van der Waals surface area contributed by atoms with Crippen molar-refractivity contribution in [3.05, 3.63) is 59.4 Å². The largest absolute Gasteiger partial charge is 0.323 e. The first-order valence-corrected chi connectivity index (χ1v) is 13.2. The van der Waals surface area contributed by atoms with Gasteiger partial charge in [-0.25, -0.2) is 13.9 Å². The van der Waals surface area contributed by atoms with Crippen LogP contribution in [0.25, 0.3) is 11.4 Å². The molecular weight excluding hydrogens is 469 g/mol. The number of hydrogen-bond donors (Lipinski definition) is 1. The summed E-state index contributed by atoms with van der Waals surface area (Å²) in [6.07, 6.45) is 6.36. The summed E-state index contributed by atoms with van der Waals surface area (Å²) in [6.45, 7) is 4.74. The van der Waals surface area contributed by atoms with E-state index in [1.807, 2.05) is 36.2 Å². The molecule has 2 aliphatic rings. The number of benzene rings is 2. The van der Waals surface area contributed by atoms with Crippen LogP contribution in [-0.4, -0.2) is 68.8 Å². The van der Waals surface area contributed by atoms with Gasteiger partial charge in [-0.3, -0.25) is 0 Å². The maximum absolute atomic E-state index is 13.1. The van der Waals surface area contributed by atoms with E-state index in [1.54, 1.807) is 4.68 Å². The van der Waals surface area contributed by atoms with Gasteiger partial charge in [0, 0.05) is 42.8 Å². The molecule has 1 saturated heterocycles. The number of carbonyl (C=O) groups excluding carboxylic acids is 1. The number of tetrazole rings is 1. The van der Waals surface area contributed by atoms with E-state index in [0.717, 1.165) is 62.1 Å². The van der Waals surface area contributed by atoms with Crippen LogP contribution in [0.2, 0.25) is 0 Å². The van der Waals surface area contributed by atoms with E-state index in [0.29, 0.717) is 11.9 Å². The minimum absolute atomic E-state index is 0.0444. The second-order valence-electron chi connectivity index (χ2n) is 10.8. The molecule has 1 spiro atoms. The number of amides is 2. The molecule has 1 aliphatic heterocycles. The van der Waals surface area contributed by atoms with Crippen molar-refractivity contribution in [2.75, 3.05) is 32.0 Å². The zero-order valence-corrected chi connectivity index (χ0v) is 22.0. The SMILES string of the molecule is CCc1cc(NC(=O)N2CC3(CCC(N(C)CCCc4ccc(F)cc4)C3)C2)cc(-c2nnnn2C)c1. The average molecular weight is 506 g/mol. The lowest BCUT2D eigenvalue weighted by Crippen LogP contribution is -2.58. The predicted octanol–water partition coefficient (Wildman–Crippen LogP) is 4.53. The monoisotopic (exact) mass is 505 g/mol. The van der Waals surface area contributed by atoms with Gasteiger partial charge in [0.1, 0.15) is 5.82 Å². The molecule has 1 aromatic heterocycles. The zero-order chi connectivity index (χ0) is 26.0. The fraction of sp³-hybridized carbons (Fsp3) is 0.500.